The Balaban J connectivity index is 1.70. The molecule has 3 heterocycles. The van der Waals surface area contributed by atoms with Gasteiger partial charge in [0.25, 0.3) is 0 Å². The molecule has 1 N–H and O–H groups in total. The molecule has 28 heavy (non-hydrogen) atoms. The fourth-order valence-corrected chi connectivity index (χ4v) is 3.61. The zero-order valence-electron chi connectivity index (χ0n) is 16.2. The highest BCUT2D eigenvalue weighted by Crippen LogP contribution is 2.33. The van der Waals surface area contributed by atoms with Gasteiger partial charge in [0.05, 0.1) is 17.6 Å². The zero-order chi connectivity index (χ0) is 19.5. The summed E-state index contributed by atoms with van der Waals surface area (Å²) >= 11 is 0. The number of pyridine rings is 1. The number of nitrogens with one attached hydrogen (secondary N) is 1. The van der Waals surface area contributed by atoms with E-state index in [0.29, 0.717) is 12.5 Å². The number of imidazole rings is 1. The van der Waals surface area contributed by atoms with E-state index in [9.17, 15) is 0 Å². The lowest BCUT2D eigenvalue weighted by molar-refractivity contribution is 0.297. The quantitative estimate of drug-likeness (QED) is 0.502. The smallest absolute Gasteiger partial charge is 0.146 e. The van der Waals surface area contributed by atoms with Crippen LogP contribution in [0.1, 0.15) is 18.5 Å². The van der Waals surface area contributed by atoms with Gasteiger partial charge in [-0.2, -0.15) is 0 Å². The van der Waals surface area contributed by atoms with Gasteiger partial charge in [0.1, 0.15) is 23.8 Å². The summed E-state index contributed by atoms with van der Waals surface area (Å²) in [5.41, 5.74) is 5.83. The van der Waals surface area contributed by atoms with Crippen LogP contribution < -0.4 is 10.1 Å². The summed E-state index contributed by atoms with van der Waals surface area (Å²) in [4.78, 5) is 11.0. The third-order valence-corrected chi connectivity index (χ3v) is 5.12. The van der Waals surface area contributed by atoms with Crippen molar-refractivity contribution >= 4 is 23.7 Å². The van der Waals surface area contributed by atoms with E-state index in [2.05, 4.69) is 50.2 Å². The maximum Gasteiger partial charge on any atom is 0.146 e. The first-order valence-electron chi connectivity index (χ1n) is 9.51. The molecule has 3 aromatic rings. The molecule has 1 saturated heterocycles. The van der Waals surface area contributed by atoms with Gasteiger partial charge in [-0.15, -0.1) is 0 Å². The first-order chi connectivity index (χ1) is 13.7. The molecule has 1 aromatic carbocycles. The molecule has 6 nitrogen and oxygen atoms in total. The number of aliphatic imine (C=N–C) groups is 1. The number of ether oxygens (including phenoxy) is 1. The Hall–Kier alpha value is -3.12. The minimum Gasteiger partial charge on any atom is -0.476 e. The summed E-state index contributed by atoms with van der Waals surface area (Å²) in [6, 6.07) is 10.1. The molecule has 0 saturated carbocycles. The van der Waals surface area contributed by atoms with Gasteiger partial charge in [-0.3, -0.25) is 14.7 Å². The number of fused-ring (bicyclic) bond motifs is 1. The van der Waals surface area contributed by atoms with Gasteiger partial charge in [0.15, 0.2) is 0 Å². The Labute approximate surface area is 165 Å². The van der Waals surface area contributed by atoms with Gasteiger partial charge in [-0.25, -0.2) is 4.98 Å². The number of hydrogen-bond acceptors (Lipinski definition) is 5. The molecule has 1 aliphatic rings. The second kappa shape index (κ2) is 7.86. The van der Waals surface area contributed by atoms with Crippen LogP contribution >= 0.6 is 0 Å². The molecule has 144 valence electrons. The van der Waals surface area contributed by atoms with Crippen LogP contribution in [0, 0.1) is 0 Å². The Morgan fingerprint density at radius 1 is 1.21 bits per heavy atom. The van der Waals surface area contributed by atoms with Gasteiger partial charge >= 0.3 is 0 Å². The lowest BCUT2D eigenvalue weighted by Crippen LogP contribution is -2.17. The standard InChI is InChI=1S/C22H25N5O/c1-16(26-10-4-5-11-26)20-13-25-22-9-7-18(14-27(20)22)17-6-8-21(28-15-23-2)19(12-17)24-3/h6-9,12-14,23H,1,3-5,10-11,15H2,2H3. The molecule has 0 amide bonds. The number of nitrogens with zero attached hydrogens (tertiary/aromatic N) is 4. The van der Waals surface area contributed by atoms with Crippen molar-refractivity contribution < 1.29 is 4.74 Å². The Kier molecular flexibility index (Phi) is 5.12. The molecule has 0 aliphatic carbocycles. The maximum absolute atomic E-state index is 5.66. The minimum atomic E-state index is 0.421. The Morgan fingerprint density at radius 3 is 2.75 bits per heavy atom. The molecule has 6 heteroatoms. The van der Waals surface area contributed by atoms with E-state index in [4.69, 9.17) is 4.74 Å². The molecule has 0 radical (unpaired) electrons. The van der Waals surface area contributed by atoms with Gasteiger partial charge in [0, 0.05) is 19.3 Å². The highest BCUT2D eigenvalue weighted by molar-refractivity contribution is 5.73. The average Bonchev–Trinajstić information content (AvgIpc) is 3.41. The molecule has 4 rings (SSSR count). The van der Waals surface area contributed by atoms with Crippen LogP contribution in [0.4, 0.5) is 5.69 Å². The second-order valence-electron chi connectivity index (χ2n) is 6.91. The summed E-state index contributed by atoms with van der Waals surface area (Å²) in [7, 11) is 1.84. The van der Waals surface area contributed by atoms with Crippen molar-refractivity contribution in [3.05, 3.63) is 55.0 Å². The predicted molar refractivity (Wildman–Crippen MR) is 114 cm³/mol. The minimum absolute atomic E-state index is 0.421. The van der Waals surface area contributed by atoms with Crippen LogP contribution in [-0.4, -0.2) is 47.9 Å². The summed E-state index contributed by atoms with van der Waals surface area (Å²) in [5, 5.41) is 2.96. The first-order valence-corrected chi connectivity index (χ1v) is 9.51. The maximum atomic E-state index is 5.66. The number of rotatable bonds is 7. The predicted octanol–water partition coefficient (Wildman–Crippen LogP) is 3.96. The van der Waals surface area contributed by atoms with E-state index >= 15 is 0 Å². The Morgan fingerprint density at radius 2 is 2.00 bits per heavy atom. The first kappa shape index (κ1) is 18.3. The summed E-state index contributed by atoms with van der Waals surface area (Å²) in [6.07, 6.45) is 6.46. The monoisotopic (exact) mass is 375 g/mol. The highest BCUT2D eigenvalue weighted by atomic mass is 16.5. The lowest BCUT2D eigenvalue weighted by atomic mass is 10.1. The van der Waals surface area contributed by atoms with Crippen molar-refractivity contribution in [3.63, 3.8) is 0 Å². The van der Waals surface area contributed by atoms with Gasteiger partial charge in [0.2, 0.25) is 0 Å². The molecular formula is C22H25N5O. The molecule has 0 unspecified atom stereocenters. The highest BCUT2D eigenvalue weighted by Gasteiger charge is 2.17. The second-order valence-corrected chi connectivity index (χ2v) is 6.91. The van der Waals surface area contributed by atoms with E-state index in [1.165, 1.54) is 12.8 Å². The van der Waals surface area contributed by atoms with Gasteiger partial charge < -0.3 is 9.64 Å². The van der Waals surface area contributed by atoms with Crippen molar-refractivity contribution in [2.24, 2.45) is 4.99 Å². The van der Waals surface area contributed by atoms with E-state index in [1.54, 1.807) is 0 Å². The number of aromatic nitrogens is 2. The number of benzene rings is 1. The van der Waals surface area contributed by atoms with Crippen molar-refractivity contribution in [3.8, 4) is 16.9 Å². The van der Waals surface area contributed by atoms with Crippen molar-refractivity contribution in [2.45, 2.75) is 12.8 Å². The number of likely N-dealkylation sites (tertiary alicyclic amines) is 1. The van der Waals surface area contributed by atoms with Crippen molar-refractivity contribution in [1.29, 1.82) is 0 Å². The van der Waals surface area contributed by atoms with Crippen LogP contribution in [0.15, 0.2) is 54.3 Å². The largest absolute Gasteiger partial charge is 0.476 e. The van der Waals surface area contributed by atoms with Crippen LogP contribution in [0.2, 0.25) is 0 Å². The number of hydrogen-bond donors (Lipinski definition) is 1. The van der Waals surface area contributed by atoms with Crippen LogP contribution in [-0.2, 0) is 0 Å². The summed E-state index contributed by atoms with van der Waals surface area (Å²) in [5.74, 6) is 0.708. The van der Waals surface area contributed by atoms with E-state index < -0.39 is 0 Å². The van der Waals surface area contributed by atoms with E-state index in [0.717, 1.165) is 46.9 Å². The van der Waals surface area contributed by atoms with Crippen molar-refractivity contribution in [2.75, 3.05) is 26.9 Å². The summed E-state index contributed by atoms with van der Waals surface area (Å²) < 4.78 is 7.77. The third-order valence-electron chi connectivity index (χ3n) is 5.12. The average molecular weight is 375 g/mol. The third kappa shape index (κ3) is 3.39. The molecular weight excluding hydrogens is 350 g/mol. The molecule has 2 aromatic heterocycles. The normalized spacial score (nSPS) is 13.8. The topological polar surface area (TPSA) is 54.2 Å². The fourth-order valence-electron chi connectivity index (χ4n) is 3.61. The molecule has 0 spiro atoms. The molecule has 0 atom stereocenters. The molecule has 1 fully saturated rings. The van der Waals surface area contributed by atoms with Crippen LogP contribution in [0.3, 0.4) is 0 Å². The van der Waals surface area contributed by atoms with Gasteiger partial charge in [-0.1, -0.05) is 12.6 Å². The molecule has 1 aliphatic heterocycles. The lowest BCUT2D eigenvalue weighted by Gasteiger charge is -2.20. The van der Waals surface area contributed by atoms with Crippen LogP contribution in [0.25, 0.3) is 22.5 Å². The summed E-state index contributed by atoms with van der Waals surface area (Å²) in [6.45, 7) is 10.5. The van der Waals surface area contributed by atoms with Crippen molar-refractivity contribution in [1.82, 2.24) is 19.6 Å². The zero-order valence-corrected chi connectivity index (χ0v) is 16.2. The van der Waals surface area contributed by atoms with E-state index in [1.807, 2.05) is 37.5 Å². The SMILES string of the molecule is C=Nc1cc(-c2ccc3ncc(C(=C)N4CCCC4)n3c2)ccc1OCNC. The van der Waals surface area contributed by atoms with Gasteiger partial charge in [-0.05, 0) is 62.0 Å². The van der Waals surface area contributed by atoms with Crippen LogP contribution in [0.5, 0.6) is 5.75 Å². The molecule has 0 bridgehead atoms. The van der Waals surface area contributed by atoms with E-state index in [-0.39, 0.29) is 0 Å². The fraction of sp³-hybridized carbons (Fsp3) is 0.273. The Bertz CT molecular complexity index is 1020.